The number of aliphatic imine (C=N–C) groups is 1. The number of isocyanates is 1. The first-order valence-electron chi connectivity index (χ1n) is 6.44. The number of ether oxygens (including phenoxy) is 1. The van der Waals surface area contributed by atoms with Crippen molar-refractivity contribution in [2.45, 2.75) is 0 Å². The van der Waals surface area contributed by atoms with Crippen LogP contribution in [0.2, 0.25) is 0 Å². The highest BCUT2D eigenvalue weighted by Crippen LogP contribution is 2.17. The zero-order valence-electron chi connectivity index (χ0n) is 11.3. The highest BCUT2D eigenvalue weighted by Gasteiger charge is 2.09. The minimum Gasteiger partial charge on any atom is -0.492 e. The summed E-state index contributed by atoms with van der Waals surface area (Å²) in [4.78, 5) is 25.8. The van der Waals surface area contributed by atoms with Crippen molar-refractivity contribution in [2.24, 2.45) is 4.99 Å². The molecule has 0 aliphatic rings. The van der Waals surface area contributed by atoms with Gasteiger partial charge in [0.2, 0.25) is 6.08 Å². The monoisotopic (exact) mass is 282 g/mol. The van der Waals surface area contributed by atoms with E-state index in [1.54, 1.807) is 24.3 Å². The second-order valence-electron chi connectivity index (χ2n) is 4.14. The third kappa shape index (κ3) is 4.30. The maximum Gasteiger partial charge on any atom is 0.253 e. The van der Waals surface area contributed by atoms with Gasteiger partial charge in [-0.1, -0.05) is 30.3 Å². The number of benzene rings is 2. The van der Waals surface area contributed by atoms with Gasteiger partial charge < -0.3 is 10.1 Å². The number of hydrogen-bond donors (Lipinski definition) is 1. The molecule has 0 saturated carbocycles. The van der Waals surface area contributed by atoms with Crippen LogP contribution in [-0.4, -0.2) is 25.1 Å². The molecule has 1 N–H and O–H groups in total. The summed E-state index contributed by atoms with van der Waals surface area (Å²) >= 11 is 0. The summed E-state index contributed by atoms with van der Waals surface area (Å²) in [7, 11) is 0. The third-order valence-corrected chi connectivity index (χ3v) is 2.71. The zero-order valence-corrected chi connectivity index (χ0v) is 11.3. The van der Waals surface area contributed by atoms with Crippen LogP contribution in [0.25, 0.3) is 0 Å². The minimum absolute atomic E-state index is 0.300. The van der Waals surface area contributed by atoms with Crippen LogP contribution in [-0.2, 0) is 4.79 Å². The van der Waals surface area contributed by atoms with Crippen molar-refractivity contribution in [3.05, 3.63) is 60.2 Å². The molecule has 0 bridgehead atoms. The van der Waals surface area contributed by atoms with Gasteiger partial charge in [0.15, 0.2) is 0 Å². The molecule has 0 fully saturated rings. The number of carbonyl (C=O) groups is 1. The number of para-hydroxylation sites is 2. The van der Waals surface area contributed by atoms with E-state index in [-0.39, 0.29) is 5.91 Å². The summed E-state index contributed by atoms with van der Waals surface area (Å²) in [5.41, 5.74) is 0.634. The second kappa shape index (κ2) is 7.62. The van der Waals surface area contributed by atoms with Crippen LogP contribution < -0.4 is 10.1 Å². The largest absolute Gasteiger partial charge is 0.492 e. The Balaban J connectivity index is 1.86. The molecule has 0 heterocycles. The quantitative estimate of drug-likeness (QED) is 0.503. The Morgan fingerprint density at radius 1 is 1.10 bits per heavy atom. The van der Waals surface area contributed by atoms with E-state index in [1.165, 1.54) is 6.08 Å². The van der Waals surface area contributed by atoms with Gasteiger partial charge in [-0.2, -0.15) is 4.99 Å². The van der Waals surface area contributed by atoms with Gasteiger partial charge in [-0.05, 0) is 24.3 Å². The Bertz CT molecular complexity index is 650. The Labute approximate surface area is 122 Å². The average molecular weight is 282 g/mol. The van der Waals surface area contributed by atoms with Gasteiger partial charge >= 0.3 is 0 Å². The molecular weight excluding hydrogens is 268 g/mol. The second-order valence-corrected chi connectivity index (χ2v) is 4.14. The summed E-state index contributed by atoms with van der Waals surface area (Å²) in [5.74, 6) is 0.443. The lowest BCUT2D eigenvalue weighted by atomic mass is 10.1. The Hall–Kier alpha value is -2.91. The predicted molar refractivity (Wildman–Crippen MR) is 78.5 cm³/mol. The van der Waals surface area contributed by atoms with E-state index in [0.29, 0.717) is 24.4 Å². The Kier molecular flexibility index (Phi) is 5.26. The van der Waals surface area contributed by atoms with E-state index in [9.17, 15) is 9.59 Å². The van der Waals surface area contributed by atoms with E-state index in [4.69, 9.17) is 4.74 Å². The van der Waals surface area contributed by atoms with Crippen LogP contribution in [0.1, 0.15) is 10.4 Å². The van der Waals surface area contributed by atoms with Crippen molar-refractivity contribution in [3.63, 3.8) is 0 Å². The molecular formula is C16H14N2O3. The van der Waals surface area contributed by atoms with Crippen molar-refractivity contribution in [1.29, 1.82) is 0 Å². The number of rotatable bonds is 6. The molecule has 0 aliphatic heterocycles. The van der Waals surface area contributed by atoms with E-state index in [1.807, 2.05) is 30.3 Å². The predicted octanol–water partition coefficient (Wildman–Crippen LogP) is 2.46. The van der Waals surface area contributed by atoms with Crippen LogP contribution in [0, 0.1) is 0 Å². The maximum atomic E-state index is 12.0. The summed E-state index contributed by atoms with van der Waals surface area (Å²) in [6, 6.07) is 15.9. The van der Waals surface area contributed by atoms with E-state index in [0.717, 1.165) is 5.75 Å². The molecule has 0 aliphatic carbocycles. The first kappa shape index (κ1) is 14.5. The van der Waals surface area contributed by atoms with Crippen LogP contribution in [0.4, 0.5) is 5.69 Å². The summed E-state index contributed by atoms with van der Waals surface area (Å²) in [5, 5.41) is 2.71. The molecule has 0 radical (unpaired) electrons. The van der Waals surface area contributed by atoms with Crippen LogP contribution in [0.5, 0.6) is 5.75 Å². The third-order valence-electron chi connectivity index (χ3n) is 2.71. The van der Waals surface area contributed by atoms with Gasteiger partial charge in [-0.15, -0.1) is 0 Å². The fourth-order valence-electron chi connectivity index (χ4n) is 1.76. The Morgan fingerprint density at radius 3 is 2.57 bits per heavy atom. The molecule has 21 heavy (non-hydrogen) atoms. The summed E-state index contributed by atoms with van der Waals surface area (Å²) in [6.07, 6.45) is 1.44. The van der Waals surface area contributed by atoms with Gasteiger partial charge in [0, 0.05) is 0 Å². The van der Waals surface area contributed by atoms with Gasteiger partial charge in [-0.3, -0.25) is 4.79 Å². The van der Waals surface area contributed by atoms with Crippen molar-refractivity contribution in [3.8, 4) is 5.75 Å². The molecule has 2 rings (SSSR count). The van der Waals surface area contributed by atoms with Crippen LogP contribution in [0.3, 0.4) is 0 Å². The van der Waals surface area contributed by atoms with Crippen LogP contribution >= 0.6 is 0 Å². The molecule has 2 aromatic carbocycles. The normalized spacial score (nSPS) is 9.52. The number of hydrogen-bond acceptors (Lipinski definition) is 4. The zero-order chi connectivity index (χ0) is 14.9. The maximum absolute atomic E-state index is 12.0. The molecule has 0 spiro atoms. The molecule has 106 valence electrons. The topological polar surface area (TPSA) is 67.8 Å². The van der Waals surface area contributed by atoms with E-state index in [2.05, 4.69) is 10.3 Å². The lowest BCUT2D eigenvalue weighted by Crippen LogP contribution is -2.28. The first-order valence-corrected chi connectivity index (χ1v) is 6.44. The molecule has 2 aromatic rings. The molecule has 0 saturated heterocycles. The van der Waals surface area contributed by atoms with Gasteiger partial charge in [0.1, 0.15) is 12.4 Å². The molecule has 5 heteroatoms. The van der Waals surface area contributed by atoms with Crippen molar-refractivity contribution < 1.29 is 14.3 Å². The van der Waals surface area contributed by atoms with Gasteiger partial charge in [0.25, 0.3) is 5.91 Å². The number of nitrogens with one attached hydrogen (secondary N) is 1. The highest BCUT2D eigenvalue weighted by molar-refractivity contribution is 5.99. The fraction of sp³-hybridized carbons (Fsp3) is 0.125. The standard InChI is InChI=1S/C16H14N2O3/c19-12-18-15-9-5-4-8-14(15)16(20)17-10-11-21-13-6-2-1-3-7-13/h1-9H,10-11H2,(H,17,20). The summed E-state index contributed by atoms with van der Waals surface area (Å²) < 4.78 is 5.47. The van der Waals surface area contributed by atoms with E-state index < -0.39 is 0 Å². The minimum atomic E-state index is -0.304. The number of amides is 1. The van der Waals surface area contributed by atoms with Crippen molar-refractivity contribution in [2.75, 3.05) is 13.2 Å². The lowest BCUT2D eigenvalue weighted by Gasteiger charge is -2.08. The molecule has 0 unspecified atom stereocenters. The Morgan fingerprint density at radius 2 is 1.81 bits per heavy atom. The highest BCUT2D eigenvalue weighted by atomic mass is 16.5. The first-order chi connectivity index (χ1) is 10.3. The fourth-order valence-corrected chi connectivity index (χ4v) is 1.76. The van der Waals surface area contributed by atoms with E-state index >= 15 is 0 Å². The van der Waals surface area contributed by atoms with Crippen molar-refractivity contribution >= 4 is 17.7 Å². The SMILES string of the molecule is O=C=Nc1ccccc1C(=O)NCCOc1ccccc1. The molecule has 5 nitrogen and oxygen atoms in total. The van der Waals surface area contributed by atoms with Gasteiger partial charge in [0.05, 0.1) is 17.8 Å². The van der Waals surface area contributed by atoms with Crippen LogP contribution in [0.15, 0.2) is 59.6 Å². The van der Waals surface area contributed by atoms with Crippen molar-refractivity contribution in [1.82, 2.24) is 5.32 Å². The average Bonchev–Trinajstić information content (AvgIpc) is 2.53. The molecule has 0 aromatic heterocycles. The summed E-state index contributed by atoms with van der Waals surface area (Å²) in [6.45, 7) is 0.710. The number of carbonyl (C=O) groups excluding carboxylic acids is 2. The number of nitrogens with zero attached hydrogens (tertiary/aromatic N) is 1. The molecule has 1 amide bonds. The van der Waals surface area contributed by atoms with Gasteiger partial charge in [-0.25, -0.2) is 4.79 Å². The molecule has 0 atom stereocenters. The lowest BCUT2D eigenvalue weighted by molar-refractivity contribution is 0.0947. The smallest absolute Gasteiger partial charge is 0.253 e.